The average Bonchev–Trinajstić information content (AvgIpc) is 2.15. The van der Waals surface area contributed by atoms with Crippen molar-refractivity contribution in [2.45, 2.75) is 26.4 Å². The first-order valence-corrected chi connectivity index (χ1v) is 6.22. The predicted octanol–water partition coefficient (Wildman–Crippen LogP) is 3.43. The third-order valence-electron chi connectivity index (χ3n) is 2.46. The number of hydrogen-bond acceptors (Lipinski definition) is 2. The van der Waals surface area contributed by atoms with E-state index in [1.807, 2.05) is 18.2 Å². The number of rotatable bonds is 5. The second-order valence-corrected chi connectivity index (χ2v) is 5.12. The maximum atomic E-state index is 5.82. The molecule has 0 aliphatic carbocycles. The first-order chi connectivity index (χ1) is 7.52. The normalized spacial score (nSPS) is 11.1. The SMILES string of the molecule is C=CCN(Cc1cc(N)cc(Br)c1)C(C)C. The van der Waals surface area contributed by atoms with Crippen molar-refractivity contribution in [3.8, 4) is 0 Å². The van der Waals surface area contributed by atoms with Gasteiger partial charge in [-0.3, -0.25) is 4.90 Å². The van der Waals surface area contributed by atoms with Crippen molar-refractivity contribution in [2.24, 2.45) is 0 Å². The minimum absolute atomic E-state index is 0.498. The number of nitrogens with two attached hydrogens (primary N) is 1. The van der Waals surface area contributed by atoms with Crippen molar-refractivity contribution in [3.63, 3.8) is 0 Å². The Morgan fingerprint density at radius 1 is 1.44 bits per heavy atom. The monoisotopic (exact) mass is 282 g/mol. The standard InChI is InChI=1S/C13H19BrN2/c1-4-5-16(10(2)3)9-11-6-12(14)8-13(15)7-11/h4,6-8,10H,1,5,9,15H2,2-3H3. The Morgan fingerprint density at radius 2 is 2.12 bits per heavy atom. The number of benzene rings is 1. The average molecular weight is 283 g/mol. The molecule has 2 nitrogen and oxygen atoms in total. The van der Waals surface area contributed by atoms with Gasteiger partial charge in [0.15, 0.2) is 0 Å². The molecule has 16 heavy (non-hydrogen) atoms. The smallest absolute Gasteiger partial charge is 0.0328 e. The Balaban J connectivity index is 2.80. The van der Waals surface area contributed by atoms with Crippen LogP contribution in [0.15, 0.2) is 35.3 Å². The Hall–Kier alpha value is -0.800. The van der Waals surface area contributed by atoms with Crippen LogP contribution in [0.4, 0.5) is 5.69 Å². The van der Waals surface area contributed by atoms with Gasteiger partial charge in [-0.15, -0.1) is 6.58 Å². The second-order valence-electron chi connectivity index (χ2n) is 4.20. The fourth-order valence-corrected chi connectivity index (χ4v) is 2.18. The highest BCUT2D eigenvalue weighted by atomic mass is 79.9. The molecule has 1 aromatic rings. The largest absolute Gasteiger partial charge is 0.399 e. The van der Waals surface area contributed by atoms with Gasteiger partial charge in [0, 0.05) is 29.3 Å². The zero-order valence-corrected chi connectivity index (χ0v) is 11.5. The molecule has 0 radical (unpaired) electrons. The number of hydrogen-bond donors (Lipinski definition) is 1. The molecule has 1 rings (SSSR count). The fourth-order valence-electron chi connectivity index (χ4n) is 1.62. The molecule has 1 aromatic carbocycles. The van der Waals surface area contributed by atoms with E-state index < -0.39 is 0 Å². The summed E-state index contributed by atoms with van der Waals surface area (Å²) in [5.74, 6) is 0. The van der Waals surface area contributed by atoms with Gasteiger partial charge in [-0.25, -0.2) is 0 Å². The summed E-state index contributed by atoms with van der Waals surface area (Å²) in [5.41, 5.74) is 7.84. The van der Waals surface area contributed by atoms with Crippen LogP contribution in [0.3, 0.4) is 0 Å². The molecule has 0 heterocycles. The molecule has 0 spiro atoms. The molecule has 0 unspecified atom stereocenters. The summed E-state index contributed by atoms with van der Waals surface area (Å²) >= 11 is 3.46. The summed E-state index contributed by atoms with van der Waals surface area (Å²) in [6.45, 7) is 9.94. The van der Waals surface area contributed by atoms with Gasteiger partial charge in [0.1, 0.15) is 0 Å². The van der Waals surface area contributed by atoms with Crippen LogP contribution in [0.25, 0.3) is 0 Å². The molecule has 3 heteroatoms. The van der Waals surface area contributed by atoms with Crippen molar-refractivity contribution < 1.29 is 0 Å². The van der Waals surface area contributed by atoms with Crippen molar-refractivity contribution in [1.29, 1.82) is 0 Å². The van der Waals surface area contributed by atoms with Gasteiger partial charge in [-0.05, 0) is 37.6 Å². The quantitative estimate of drug-likeness (QED) is 0.662. The molecule has 2 N–H and O–H groups in total. The van der Waals surface area contributed by atoms with Crippen LogP contribution >= 0.6 is 15.9 Å². The minimum Gasteiger partial charge on any atom is -0.399 e. The van der Waals surface area contributed by atoms with E-state index in [1.165, 1.54) is 5.56 Å². The molecule has 88 valence electrons. The Bertz CT molecular complexity index is 341. The van der Waals surface area contributed by atoms with Crippen molar-refractivity contribution in [1.82, 2.24) is 4.90 Å². The maximum absolute atomic E-state index is 5.82. The lowest BCUT2D eigenvalue weighted by Gasteiger charge is -2.25. The summed E-state index contributed by atoms with van der Waals surface area (Å²) in [6.07, 6.45) is 1.93. The number of halogens is 1. The van der Waals surface area contributed by atoms with Gasteiger partial charge in [0.2, 0.25) is 0 Å². The van der Waals surface area contributed by atoms with Crippen LogP contribution in [0, 0.1) is 0 Å². The lowest BCUT2D eigenvalue weighted by atomic mass is 10.1. The van der Waals surface area contributed by atoms with Gasteiger partial charge >= 0.3 is 0 Å². The van der Waals surface area contributed by atoms with Crippen molar-refractivity contribution >= 4 is 21.6 Å². The van der Waals surface area contributed by atoms with Crippen LogP contribution in [-0.2, 0) is 6.54 Å². The van der Waals surface area contributed by atoms with E-state index in [0.29, 0.717) is 6.04 Å². The highest BCUT2D eigenvalue weighted by molar-refractivity contribution is 9.10. The molecule has 0 aliphatic heterocycles. The van der Waals surface area contributed by atoms with Crippen LogP contribution in [0.1, 0.15) is 19.4 Å². The van der Waals surface area contributed by atoms with Crippen LogP contribution in [-0.4, -0.2) is 17.5 Å². The van der Waals surface area contributed by atoms with Gasteiger partial charge in [0.05, 0.1) is 0 Å². The molecule has 0 aliphatic rings. The number of nitrogens with zero attached hydrogens (tertiary/aromatic N) is 1. The van der Waals surface area contributed by atoms with Gasteiger partial charge in [-0.2, -0.15) is 0 Å². The molecule has 0 saturated carbocycles. The van der Waals surface area contributed by atoms with E-state index >= 15 is 0 Å². The highest BCUT2D eigenvalue weighted by Crippen LogP contribution is 2.19. The van der Waals surface area contributed by atoms with E-state index in [1.54, 1.807) is 0 Å². The summed E-state index contributed by atoms with van der Waals surface area (Å²) in [7, 11) is 0. The Labute approximate surface area is 106 Å². The van der Waals surface area contributed by atoms with Crippen LogP contribution in [0.2, 0.25) is 0 Å². The van der Waals surface area contributed by atoms with E-state index in [9.17, 15) is 0 Å². The summed E-state index contributed by atoms with van der Waals surface area (Å²) in [4.78, 5) is 2.34. The predicted molar refractivity (Wildman–Crippen MR) is 74.3 cm³/mol. The molecular formula is C13H19BrN2. The third kappa shape index (κ3) is 3.99. The first-order valence-electron chi connectivity index (χ1n) is 5.43. The molecule has 0 bridgehead atoms. The number of anilines is 1. The van der Waals surface area contributed by atoms with Crippen molar-refractivity contribution in [2.75, 3.05) is 12.3 Å². The van der Waals surface area contributed by atoms with Gasteiger partial charge in [0.25, 0.3) is 0 Å². The van der Waals surface area contributed by atoms with Crippen LogP contribution in [0.5, 0.6) is 0 Å². The minimum atomic E-state index is 0.498. The zero-order chi connectivity index (χ0) is 12.1. The number of nitrogen functional groups attached to an aromatic ring is 1. The van der Waals surface area contributed by atoms with E-state index in [4.69, 9.17) is 5.73 Å². The zero-order valence-electron chi connectivity index (χ0n) is 9.91. The lowest BCUT2D eigenvalue weighted by Crippen LogP contribution is -2.30. The van der Waals surface area contributed by atoms with Crippen LogP contribution < -0.4 is 5.73 Å². The van der Waals surface area contributed by atoms with E-state index in [0.717, 1.165) is 23.2 Å². The first kappa shape index (κ1) is 13.3. The third-order valence-corrected chi connectivity index (χ3v) is 2.92. The molecule has 0 fully saturated rings. The molecular weight excluding hydrogens is 264 g/mol. The van der Waals surface area contributed by atoms with E-state index in [2.05, 4.69) is 47.3 Å². The Kier molecular flexibility index (Phi) is 5.03. The van der Waals surface area contributed by atoms with E-state index in [-0.39, 0.29) is 0 Å². The molecule has 0 aromatic heterocycles. The Morgan fingerprint density at radius 3 is 2.62 bits per heavy atom. The summed E-state index contributed by atoms with van der Waals surface area (Å²) in [6, 6.07) is 6.53. The topological polar surface area (TPSA) is 29.3 Å². The summed E-state index contributed by atoms with van der Waals surface area (Å²) < 4.78 is 1.03. The second kappa shape index (κ2) is 6.06. The molecule has 0 atom stereocenters. The fraction of sp³-hybridized carbons (Fsp3) is 0.385. The summed E-state index contributed by atoms with van der Waals surface area (Å²) in [5, 5.41) is 0. The highest BCUT2D eigenvalue weighted by Gasteiger charge is 2.08. The molecule has 0 saturated heterocycles. The molecule has 0 amide bonds. The van der Waals surface area contributed by atoms with Gasteiger partial charge in [-0.1, -0.05) is 22.0 Å². The lowest BCUT2D eigenvalue weighted by molar-refractivity contribution is 0.237. The van der Waals surface area contributed by atoms with Crippen molar-refractivity contribution in [3.05, 3.63) is 40.9 Å². The van der Waals surface area contributed by atoms with Gasteiger partial charge < -0.3 is 5.73 Å². The maximum Gasteiger partial charge on any atom is 0.0328 e.